The second-order valence-electron chi connectivity index (χ2n) is 3.94. The summed E-state index contributed by atoms with van der Waals surface area (Å²) in [6.07, 6.45) is 4.88. The summed E-state index contributed by atoms with van der Waals surface area (Å²) in [6, 6.07) is 1.96. The van der Waals surface area contributed by atoms with Gasteiger partial charge >= 0.3 is 0 Å². The summed E-state index contributed by atoms with van der Waals surface area (Å²) >= 11 is 0. The van der Waals surface area contributed by atoms with Gasteiger partial charge in [-0.1, -0.05) is 12.1 Å². The molecule has 0 aliphatic carbocycles. The summed E-state index contributed by atoms with van der Waals surface area (Å²) < 4.78 is 7.16. The molecule has 5 nitrogen and oxygen atoms in total. The first-order valence-electron chi connectivity index (χ1n) is 6.02. The summed E-state index contributed by atoms with van der Waals surface area (Å²) in [5.41, 5.74) is 1.90. The highest BCUT2D eigenvalue weighted by atomic mass is 16.5. The van der Waals surface area contributed by atoms with Crippen molar-refractivity contribution in [1.29, 1.82) is 0 Å². The molecule has 0 aromatic carbocycles. The highest BCUT2D eigenvalue weighted by molar-refractivity contribution is 5.54. The van der Waals surface area contributed by atoms with Crippen molar-refractivity contribution in [1.82, 2.24) is 20.3 Å². The lowest BCUT2D eigenvalue weighted by molar-refractivity contribution is 0.420. The first-order chi connectivity index (χ1) is 8.33. The normalized spacial score (nSPS) is 10.9. The second kappa shape index (κ2) is 5.63. The fraction of sp³-hybridized carbons (Fsp3) is 0.500. The third kappa shape index (κ3) is 2.94. The zero-order valence-corrected chi connectivity index (χ0v) is 10.3. The van der Waals surface area contributed by atoms with Crippen LogP contribution in [0.4, 0.5) is 0 Å². The third-order valence-electron chi connectivity index (χ3n) is 2.53. The van der Waals surface area contributed by atoms with Crippen LogP contribution in [-0.4, -0.2) is 21.5 Å². The highest BCUT2D eigenvalue weighted by Gasteiger charge is 2.08. The van der Waals surface area contributed by atoms with Crippen LogP contribution in [0.2, 0.25) is 0 Å². The van der Waals surface area contributed by atoms with Gasteiger partial charge in [-0.25, -0.2) is 0 Å². The fourth-order valence-corrected chi connectivity index (χ4v) is 1.59. The lowest BCUT2D eigenvalue weighted by Crippen LogP contribution is -2.13. The summed E-state index contributed by atoms with van der Waals surface area (Å²) in [5.74, 6) is 0.776. The van der Waals surface area contributed by atoms with Crippen LogP contribution in [0.5, 0.6) is 0 Å². The van der Waals surface area contributed by atoms with Crippen molar-refractivity contribution in [2.24, 2.45) is 0 Å². The molecule has 0 spiro atoms. The molecule has 5 heteroatoms. The molecule has 92 valence electrons. The molecule has 0 unspecified atom stereocenters. The van der Waals surface area contributed by atoms with Crippen LogP contribution in [0.25, 0.3) is 11.3 Å². The van der Waals surface area contributed by atoms with E-state index in [1.807, 2.05) is 16.9 Å². The maximum absolute atomic E-state index is 5.30. The van der Waals surface area contributed by atoms with Crippen molar-refractivity contribution >= 4 is 0 Å². The van der Waals surface area contributed by atoms with Gasteiger partial charge in [0.1, 0.15) is 0 Å². The standard InChI is InChI=1S/C12H18N4O/c1-3-5-13-8-11-6-12(17-15-11)10-7-14-16(4-2)9-10/h6-7,9,13H,3-5,8H2,1-2H3. The van der Waals surface area contributed by atoms with E-state index in [0.717, 1.165) is 43.1 Å². The van der Waals surface area contributed by atoms with Crippen molar-refractivity contribution in [3.63, 3.8) is 0 Å². The molecule has 2 aromatic rings. The van der Waals surface area contributed by atoms with E-state index in [2.05, 4.69) is 29.4 Å². The average molecular weight is 234 g/mol. The van der Waals surface area contributed by atoms with Crippen molar-refractivity contribution in [3.8, 4) is 11.3 Å². The number of aryl methyl sites for hydroxylation is 1. The van der Waals surface area contributed by atoms with E-state index in [-0.39, 0.29) is 0 Å². The fourth-order valence-electron chi connectivity index (χ4n) is 1.59. The summed E-state index contributed by atoms with van der Waals surface area (Å²) in [5, 5.41) is 11.5. The largest absolute Gasteiger partial charge is 0.356 e. The molecular weight excluding hydrogens is 216 g/mol. The zero-order chi connectivity index (χ0) is 12.1. The molecule has 0 aliphatic rings. The van der Waals surface area contributed by atoms with Crippen molar-refractivity contribution in [3.05, 3.63) is 24.2 Å². The molecule has 0 saturated carbocycles. The molecule has 2 heterocycles. The van der Waals surface area contributed by atoms with Gasteiger partial charge in [-0.3, -0.25) is 4.68 Å². The minimum Gasteiger partial charge on any atom is -0.356 e. The Balaban J connectivity index is 2.02. The minimum absolute atomic E-state index is 0.749. The van der Waals surface area contributed by atoms with E-state index in [1.165, 1.54) is 0 Å². The van der Waals surface area contributed by atoms with Gasteiger partial charge in [0.15, 0.2) is 5.76 Å². The van der Waals surface area contributed by atoms with Crippen LogP contribution < -0.4 is 5.32 Å². The van der Waals surface area contributed by atoms with Crippen molar-refractivity contribution in [2.45, 2.75) is 33.4 Å². The lowest BCUT2D eigenvalue weighted by atomic mass is 10.2. The first-order valence-corrected chi connectivity index (χ1v) is 6.02. The molecule has 0 amide bonds. The maximum Gasteiger partial charge on any atom is 0.170 e. The molecule has 0 fully saturated rings. The van der Waals surface area contributed by atoms with E-state index in [0.29, 0.717) is 0 Å². The van der Waals surface area contributed by atoms with Crippen LogP contribution in [0, 0.1) is 0 Å². The van der Waals surface area contributed by atoms with Crippen LogP contribution >= 0.6 is 0 Å². The van der Waals surface area contributed by atoms with E-state index in [1.54, 1.807) is 6.20 Å². The van der Waals surface area contributed by atoms with Gasteiger partial charge in [0.2, 0.25) is 0 Å². The Morgan fingerprint density at radius 1 is 1.41 bits per heavy atom. The minimum atomic E-state index is 0.749. The van der Waals surface area contributed by atoms with Crippen LogP contribution in [0.15, 0.2) is 23.0 Å². The van der Waals surface area contributed by atoms with Crippen LogP contribution in [0.3, 0.4) is 0 Å². The van der Waals surface area contributed by atoms with Gasteiger partial charge in [-0.2, -0.15) is 5.10 Å². The third-order valence-corrected chi connectivity index (χ3v) is 2.53. The Morgan fingerprint density at radius 3 is 3.00 bits per heavy atom. The summed E-state index contributed by atoms with van der Waals surface area (Å²) in [6.45, 7) is 6.80. The molecule has 0 radical (unpaired) electrons. The van der Waals surface area contributed by atoms with Gasteiger partial charge < -0.3 is 9.84 Å². The Morgan fingerprint density at radius 2 is 2.29 bits per heavy atom. The van der Waals surface area contributed by atoms with Crippen molar-refractivity contribution in [2.75, 3.05) is 6.54 Å². The lowest BCUT2D eigenvalue weighted by Gasteiger charge is -1.96. The second-order valence-corrected chi connectivity index (χ2v) is 3.94. The number of rotatable bonds is 6. The first kappa shape index (κ1) is 11.9. The molecule has 0 saturated heterocycles. The van der Waals surface area contributed by atoms with Gasteiger partial charge in [0.05, 0.1) is 17.5 Å². The van der Waals surface area contributed by atoms with E-state index in [9.17, 15) is 0 Å². The summed E-state index contributed by atoms with van der Waals surface area (Å²) in [7, 11) is 0. The molecule has 2 rings (SSSR count). The van der Waals surface area contributed by atoms with Gasteiger partial charge in [0.25, 0.3) is 0 Å². The van der Waals surface area contributed by atoms with E-state index < -0.39 is 0 Å². The number of hydrogen-bond donors (Lipinski definition) is 1. The van der Waals surface area contributed by atoms with Crippen LogP contribution in [0.1, 0.15) is 26.0 Å². The predicted octanol–water partition coefficient (Wildman–Crippen LogP) is 2.06. The Hall–Kier alpha value is -1.62. The van der Waals surface area contributed by atoms with Crippen LogP contribution in [-0.2, 0) is 13.1 Å². The molecule has 1 N–H and O–H groups in total. The molecule has 0 atom stereocenters. The SMILES string of the molecule is CCCNCc1cc(-c2cnn(CC)c2)on1. The van der Waals surface area contributed by atoms with E-state index in [4.69, 9.17) is 4.52 Å². The Kier molecular flexibility index (Phi) is 3.93. The van der Waals surface area contributed by atoms with Crippen molar-refractivity contribution < 1.29 is 4.52 Å². The monoisotopic (exact) mass is 234 g/mol. The highest BCUT2D eigenvalue weighted by Crippen LogP contribution is 2.19. The molecule has 0 bridgehead atoms. The Labute approximate surface area is 101 Å². The smallest absolute Gasteiger partial charge is 0.170 e. The summed E-state index contributed by atoms with van der Waals surface area (Å²) in [4.78, 5) is 0. The van der Waals surface area contributed by atoms with Gasteiger partial charge in [0, 0.05) is 25.4 Å². The molecule has 2 aromatic heterocycles. The number of nitrogens with zero attached hydrogens (tertiary/aromatic N) is 3. The predicted molar refractivity (Wildman–Crippen MR) is 65.4 cm³/mol. The quantitative estimate of drug-likeness (QED) is 0.777. The average Bonchev–Trinajstić information content (AvgIpc) is 2.97. The maximum atomic E-state index is 5.30. The molecule has 17 heavy (non-hydrogen) atoms. The van der Waals surface area contributed by atoms with Gasteiger partial charge in [-0.05, 0) is 19.9 Å². The van der Waals surface area contributed by atoms with Gasteiger partial charge in [-0.15, -0.1) is 0 Å². The number of nitrogens with one attached hydrogen (secondary N) is 1. The molecular formula is C12H18N4O. The Bertz CT molecular complexity index is 461. The number of hydrogen-bond acceptors (Lipinski definition) is 4. The number of aromatic nitrogens is 3. The van der Waals surface area contributed by atoms with E-state index >= 15 is 0 Å². The molecule has 0 aliphatic heterocycles. The topological polar surface area (TPSA) is 55.9 Å². The zero-order valence-electron chi connectivity index (χ0n) is 10.3.